The van der Waals surface area contributed by atoms with E-state index < -0.39 is 16.6 Å². The third-order valence-corrected chi connectivity index (χ3v) is 21.2. The first kappa shape index (κ1) is 35.5. The van der Waals surface area contributed by atoms with Gasteiger partial charge in [-0.15, -0.1) is 0 Å². The van der Waals surface area contributed by atoms with E-state index in [2.05, 4.69) is 113 Å². The Morgan fingerprint density at radius 3 is 2.07 bits per heavy atom. The van der Waals surface area contributed by atoms with Crippen LogP contribution in [-0.2, 0) is 13.6 Å². The molecule has 3 saturated carbocycles. The van der Waals surface area contributed by atoms with Crippen LogP contribution in [0.4, 0.5) is 0 Å². The number of hydrogen-bond acceptors (Lipinski definition) is 3. The van der Waals surface area contributed by atoms with Crippen molar-refractivity contribution in [2.75, 3.05) is 0 Å². The molecular weight excluding hydrogens is 549 g/mol. The Kier molecular flexibility index (Phi) is 10.5. The van der Waals surface area contributed by atoms with E-state index in [1.807, 2.05) is 0 Å². The smallest absolute Gasteiger partial charge is 0.192 e. The summed E-state index contributed by atoms with van der Waals surface area (Å²) in [6, 6.07) is 0. The van der Waals surface area contributed by atoms with Crippen LogP contribution < -0.4 is 0 Å². The summed E-state index contributed by atoms with van der Waals surface area (Å²) in [5.74, 6) is 1.18. The van der Waals surface area contributed by atoms with Crippen LogP contribution in [0.3, 0.4) is 0 Å². The van der Waals surface area contributed by atoms with Gasteiger partial charge in [-0.3, -0.25) is 4.79 Å². The van der Waals surface area contributed by atoms with Gasteiger partial charge in [-0.1, -0.05) is 92.7 Å². The van der Waals surface area contributed by atoms with Crippen molar-refractivity contribution >= 4 is 22.9 Å². The normalized spacial score (nSPS) is 32.2. The summed E-state index contributed by atoms with van der Waals surface area (Å²) in [5.41, 5.74) is 4.37. The number of rotatable bonds is 8. The highest BCUT2D eigenvalue weighted by molar-refractivity contribution is 6.74. The van der Waals surface area contributed by atoms with Gasteiger partial charge in [0.1, 0.15) is 6.29 Å². The SMILES string of the molecule is C=C1/C(=C/C=C2\CCC[C@@]3(C)C2CCC3C(C)(C)/C=C/C=O)CC(O[Si](C)(C)C(C)(C)C)CC1O[Si](C)(C)C(C)(C)C. The average Bonchev–Trinajstić information content (AvgIpc) is 3.20. The second-order valence-electron chi connectivity index (χ2n) is 17.6. The molecule has 5 heteroatoms. The molecule has 238 valence electrons. The van der Waals surface area contributed by atoms with Gasteiger partial charge in [0.05, 0.1) is 12.2 Å². The second kappa shape index (κ2) is 12.4. The van der Waals surface area contributed by atoms with Crippen LogP contribution >= 0.6 is 0 Å². The Balaban J connectivity index is 1.95. The van der Waals surface area contributed by atoms with E-state index in [1.54, 1.807) is 11.6 Å². The molecule has 4 unspecified atom stereocenters. The molecule has 3 aliphatic rings. The first-order chi connectivity index (χ1) is 19.1. The number of carbonyl (C=O) groups is 1. The van der Waals surface area contributed by atoms with Crippen molar-refractivity contribution in [3.63, 3.8) is 0 Å². The minimum atomic E-state index is -1.98. The lowest BCUT2D eigenvalue weighted by Gasteiger charge is -2.47. The summed E-state index contributed by atoms with van der Waals surface area (Å²) in [4.78, 5) is 11.1. The van der Waals surface area contributed by atoms with E-state index >= 15 is 0 Å². The number of aldehydes is 1. The molecule has 42 heavy (non-hydrogen) atoms. The Hall–Kier alpha value is -1.02. The Labute approximate surface area is 261 Å². The summed E-state index contributed by atoms with van der Waals surface area (Å²) in [6.07, 6.45) is 17.8. The van der Waals surface area contributed by atoms with Crippen molar-refractivity contribution in [2.24, 2.45) is 22.7 Å². The largest absolute Gasteiger partial charge is 0.413 e. The lowest BCUT2D eigenvalue weighted by atomic mass is 9.57. The quantitative estimate of drug-likeness (QED) is 0.155. The van der Waals surface area contributed by atoms with Gasteiger partial charge in [0.2, 0.25) is 0 Å². The lowest BCUT2D eigenvalue weighted by Crippen LogP contribution is -2.49. The van der Waals surface area contributed by atoms with Gasteiger partial charge in [0.15, 0.2) is 16.6 Å². The van der Waals surface area contributed by atoms with E-state index in [1.165, 1.54) is 37.7 Å². The first-order valence-corrected chi connectivity index (χ1v) is 22.4. The molecular formula is C37H64O3Si2. The summed E-state index contributed by atoms with van der Waals surface area (Å²) in [7, 11) is -3.91. The van der Waals surface area contributed by atoms with Crippen LogP contribution in [0.2, 0.25) is 36.3 Å². The van der Waals surface area contributed by atoms with Crippen LogP contribution in [0, 0.1) is 22.7 Å². The fourth-order valence-corrected chi connectivity index (χ4v) is 10.3. The van der Waals surface area contributed by atoms with Gasteiger partial charge in [-0.25, -0.2) is 0 Å². The van der Waals surface area contributed by atoms with Crippen molar-refractivity contribution in [1.29, 1.82) is 0 Å². The molecule has 0 aromatic heterocycles. The van der Waals surface area contributed by atoms with Gasteiger partial charge in [0.25, 0.3) is 0 Å². The maximum absolute atomic E-state index is 11.1. The highest BCUT2D eigenvalue weighted by Crippen LogP contribution is 2.62. The third-order valence-electron chi connectivity index (χ3n) is 12.2. The fourth-order valence-electron chi connectivity index (χ4n) is 7.63. The zero-order chi connectivity index (χ0) is 31.9. The third kappa shape index (κ3) is 7.43. The van der Waals surface area contributed by atoms with Gasteiger partial charge in [-0.05, 0) is 115 Å². The monoisotopic (exact) mass is 612 g/mol. The molecule has 3 fully saturated rings. The van der Waals surface area contributed by atoms with Crippen molar-refractivity contribution in [3.05, 3.63) is 47.6 Å². The van der Waals surface area contributed by atoms with E-state index in [4.69, 9.17) is 8.85 Å². The highest BCUT2D eigenvalue weighted by Gasteiger charge is 2.53. The minimum Gasteiger partial charge on any atom is -0.413 e. The predicted octanol–water partition coefficient (Wildman–Crippen LogP) is 11.0. The summed E-state index contributed by atoms with van der Waals surface area (Å²) < 4.78 is 14.1. The molecule has 3 nitrogen and oxygen atoms in total. The number of hydrogen-bond donors (Lipinski definition) is 0. The van der Waals surface area contributed by atoms with Crippen molar-refractivity contribution in [1.82, 2.24) is 0 Å². The molecule has 0 spiro atoms. The zero-order valence-electron chi connectivity index (χ0n) is 29.6. The van der Waals surface area contributed by atoms with E-state index in [9.17, 15) is 4.79 Å². The highest BCUT2D eigenvalue weighted by atomic mass is 28.4. The fraction of sp³-hybridized carbons (Fsp3) is 0.757. The molecule has 0 saturated heterocycles. The molecule has 3 rings (SSSR count). The molecule has 0 radical (unpaired) electrons. The van der Waals surface area contributed by atoms with E-state index in [0.717, 1.165) is 24.7 Å². The van der Waals surface area contributed by atoms with E-state index in [0.29, 0.717) is 11.8 Å². The van der Waals surface area contributed by atoms with Crippen LogP contribution in [0.1, 0.15) is 107 Å². The molecule has 5 atom stereocenters. The molecule has 0 aliphatic heterocycles. The van der Waals surface area contributed by atoms with E-state index in [-0.39, 0.29) is 33.1 Å². The summed E-state index contributed by atoms with van der Waals surface area (Å²) >= 11 is 0. The molecule has 0 amide bonds. The summed E-state index contributed by atoms with van der Waals surface area (Å²) in [6.45, 7) is 35.2. The maximum Gasteiger partial charge on any atom is 0.192 e. The molecule has 3 aliphatic carbocycles. The van der Waals surface area contributed by atoms with Crippen LogP contribution in [-0.4, -0.2) is 35.1 Å². The Bertz CT molecular complexity index is 1100. The van der Waals surface area contributed by atoms with Crippen LogP contribution in [0.25, 0.3) is 0 Å². The van der Waals surface area contributed by atoms with Gasteiger partial charge < -0.3 is 8.85 Å². The van der Waals surface area contributed by atoms with Gasteiger partial charge in [-0.2, -0.15) is 0 Å². The van der Waals surface area contributed by atoms with Gasteiger partial charge >= 0.3 is 0 Å². The number of allylic oxidation sites excluding steroid dienone is 5. The summed E-state index contributed by atoms with van der Waals surface area (Å²) in [5, 5.41) is 0.315. The molecule has 0 bridgehead atoms. The van der Waals surface area contributed by atoms with Crippen molar-refractivity contribution < 1.29 is 13.6 Å². The Morgan fingerprint density at radius 1 is 0.905 bits per heavy atom. The van der Waals surface area contributed by atoms with Crippen molar-refractivity contribution in [3.8, 4) is 0 Å². The van der Waals surface area contributed by atoms with Gasteiger partial charge in [0, 0.05) is 6.42 Å². The minimum absolute atomic E-state index is 0.0111. The second-order valence-corrected chi connectivity index (χ2v) is 27.1. The van der Waals surface area contributed by atoms with Crippen LogP contribution in [0.15, 0.2) is 47.6 Å². The molecule has 0 N–H and O–H groups in total. The Morgan fingerprint density at radius 2 is 1.50 bits per heavy atom. The zero-order valence-corrected chi connectivity index (χ0v) is 31.6. The topological polar surface area (TPSA) is 35.5 Å². The van der Waals surface area contributed by atoms with Crippen molar-refractivity contribution in [2.45, 2.75) is 156 Å². The lowest BCUT2D eigenvalue weighted by molar-refractivity contribution is -0.104. The molecule has 0 aromatic carbocycles. The predicted molar refractivity (Wildman–Crippen MR) is 186 cm³/mol. The molecule has 0 heterocycles. The maximum atomic E-state index is 11.1. The average molecular weight is 613 g/mol. The van der Waals surface area contributed by atoms with Crippen LogP contribution in [0.5, 0.6) is 0 Å². The first-order valence-electron chi connectivity index (χ1n) is 16.6. The number of carbonyl (C=O) groups excluding carboxylic acids is 1. The number of fused-ring (bicyclic) bond motifs is 1. The molecule has 0 aromatic rings. The standard InChI is InChI=1S/C37H64O3Si2/c1-27-29(19-18-28-17-15-23-37(10)31(28)20-21-33(37)36(8,9)22-16-24-38)25-30(39-41(11,12)34(2,3)4)26-32(27)40-42(13,14)35(5,6)7/h16,18-19,22,24,30-33H,1,15,17,20-21,23,25-26H2,2-14H3/b22-16+,28-18+,29-19+/t30?,31?,32?,33?,37-/m0/s1.